The Morgan fingerprint density at radius 2 is 2.25 bits per heavy atom. The Morgan fingerprint density at radius 1 is 1.56 bits per heavy atom. The van der Waals surface area contributed by atoms with Crippen LogP contribution < -0.4 is 0 Å². The second-order valence-corrected chi connectivity index (χ2v) is 3.42. The van der Waals surface area contributed by atoms with Crippen molar-refractivity contribution >= 4 is 11.9 Å². The Balaban J connectivity index is 2.82. The van der Waals surface area contributed by atoms with E-state index in [1.54, 1.807) is 6.92 Å². The fraction of sp³-hybridized carbons (Fsp3) is 0.500. The number of rotatable bonds is 5. The van der Waals surface area contributed by atoms with Crippen LogP contribution in [0.1, 0.15) is 29.5 Å². The summed E-state index contributed by atoms with van der Waals surface area (Å²) in [4.78, 5) is 23.8. The molecule has 16 heavy (non-hydrogen) atoms. The van der Waals surface area contributed by atoms with Crippen LogP contribution >= 0.6 is 0 Å². The molecule has 1 aromatic rings. The van der Waals surface area contributed by atoms with Crippen molar-refractivity contribution in [1.29, 1.82) is 0 Å². The maximum Gasteiger partial charge on any atom is 0.323 e. The Hall–Kier alpha value is -1.85. The first kappa shape index (κ1) is 12.2. The molecule has 0 fully saturated rings. The zero-order chi connectivity index (χ0) is 12.1. The summed E-state index contributed by atoms with van der Waals surface area (Å²) < 4.78 is 4.77. The number of carbonyl (C=O) groups is 2. The number of aryl methyl sites for hydroxylation is 1. The number of carboxylic acid groups (broad SMARTS) is 1. The lowest BCUT2D eigenvalue weighted by molar-refractivity contribution is -0.137. The number of nitrogens with zero attached hydrogens (tertiary/aromatic N) is 2. The number of hydrogen-bond donors (Lipinski definition) is 1. The van der Waals surface area contributed by atoms with E-state index in [9.17, 15) is 9.59 Å². The van der Waals surface area contributed by atoms with E-state index < -0.39 is 5.97 Å². The first-order valence-corrected chi connectivity index (χ1v) is 4.98. The predicted octanol–water partition coefficient (Wildman–Crippen LogP) is 0.920. The molecular weight excluding hydrogens is 212 g/mol. The monoisotopic (exact) mass is 226 g/mol. The second kappa shape index (κ2) is 5.29. The molecule has 1 rings (SSSR count). The van der Waals surface area contributed by atoms with E-state index in [-0.39, 0.29) is 12.5 Å². The number of hydrogen-bond acceptors (Lipinski definition) is 4. The summed E-state index contributed by atoms with van der Waals surface area (Å²) in [7, 11) is 0. The third-order valence-electron chi connectivity index (χ3n) is 2.09. The summed E-state index contributed by atoms with van der Waals surface area (Å²) in [6.45, 7) is 3.58. The van der Waals surface area contributed by atoms with Gasteiger partial charge in [-0.1, -0.05) is 12.1 Å². The first-order chi connectivity index (χ1) is 7.56. The number of aromatic nitrogens is 1. The van der Waals surface area contributed by atoms with Gasteiger partial charge >= 0.3 is 5.97 Å². The Morgan fingerprint density at radius 3 is 2.69 bits per heavy atom. The minimum absolute atomic E-state index is 0.308. The van der Waals surface area contributed by atoms with E-state index in [1.807, 2.05) is 6.92 Å². The van der Waals surface area contributed by atoms with E-state index in [0.717, 1.165) is 0 Å². The molecule has 6 nitrogen and oxygen atoms in total. The third kappa shape index (κ3) is 2.82. The van der Waals surface area contributed by atoms with E-state index in [2.05, 4.69) is 5.16 Å². The van der Waals surface area contributed by atoms with E-state index >= 15 is 0 Å². The van der Waals surface area contributed by atoms with Crippen LogP contribution in [0.2, 0.25) is 0 Å². The topological polar surface area (TPSA) is 83.6 Å². The van der Waals surface area contributed by atoms with Crippen LogP contribution in [0.15, 0.2) is 10.7 Å². The number of amides is 1. The van der Waals surface area contributed by atoms with Gasteiger partial charge < -0.3 is 14.5 Å². The molecule has 0 radical (unpaired) electrons. The highest BCUT2D eigenvalue weighted by Crippen LogP contribution is 2.10. The van der Waals surface area contributed by atoms with Crippen molar-refractivity contribution in [3.05, 3.63) is 17.5 Å². The molecule has 0 bridgehead atoms. The molecule has 1 N–H and O–H groups in total. The number of aliphatic carboxylic acids is 1. The van der Waals surface area contributed by atoms with Crippen LogP contribution in [0.5, 0.6) is 0 Å². The summed E-state index contributed by atoms with van der Waals surface area (Å²) in [5, 5.41) is 12.2. The normalized spacial score (nSPS) is 10.1. The zero-order valence-corrected chi connectivity index (χ0v) is 9.27. The van der Waals surface area contributed by atoms with Gasteiger partial charge in [0.25, 0.3) is 5.91 Å². The van der Waals surface area contributed by atoms with Crippen LogP contribution in [0, 0.1) is 6.92 Å². The summed E-state index contributed by atoms with van der Waals surface area (Å²) in [6, 6.07) is 0. The summed E-state index contributed by atoms with van der Waals surface area (Å²) in [5.41, 5.74) is 0.315. The molecule has 0 aliphatic carbocycles. The fourth-order valence-electron chi connectivity index (χ4n) is 1.36. The Bertz CT molecular complexity index is 386. The van der Waals surface area contributed by atoms with Gasteiger partial charge in [0.2, 0.25) is 0 Å². The molecule has 0 unspecified atom stereocenters. The average Bonchev–Trinajstić information content (AvgIpc) is 2.62. The summed E-state index contributed by atoms with van der Waals surface area (Å²) in [5.74, 6) is -0.990. The maximum absolute atomic E-state index is 11.9. The molecule has 0 aromatic carbocycles. The molecule has 88 valence electrons. The lowest BCUT2D eigenvalue weighted by Gasteiger charge is -2.18. The van der Waals surface area contributed by atoms with Crippen molar-refractivity contribution in [2.45, 2.75) is 20.3 Å². The van der Waals surface area contributed by atoms with Crippen molar-refractivity contribution in [2.24, 2.45) is 0 Å². The van der Waals surface area contributed by atoms with Crippen LogP contribution in [-0.4, -0.2) is 40.1 Å². The number of carboxylic acids is 1. The molecule has 1 heterocycles. The van der Waals surface area contributed by atoms with Gasteiger partial charge in [0.05, 0.1) is 6.20 Å². The van der Waals surface area contributed by atoms with Crippen molar-refractivity contribution in [3.8, 4) is 0 Å². The standard InChI is InChI=1S/C10H14N2O4/c1-3-4-12(6-9(13)14)10(15)8-5-11-16-7(8)2/h5H,3-4,6H2,1-2H3,(H,13,14). The smallest absolute Gasteiger partial charge is 0.323 e. The number of carbonyl (C=O) groups excluding carboxylic acids is 1. The SMILES string of the molecule is CCCN(CC(=O)O)C(=O)c1cnoc1C. The minimum Gasteiger partial charge on any atom is -0.480 e. The highest BCUT2D eigenvalue weighted by atomic mass is 16.5. The van der Waals surface area contributed by atoms with Crippen molar-refractivity contribution in [1.82, 2.24) is 10.1 Å². The highest BCUT2D eigenvalue weighted by molar-refractivity contribution is 5.96. The Kier molecular flexibility index (Phi) is 4.04. The lowest BCUT2D eigenvalue weighted by Crippen LogP contribution is -2.36. The zero-order valence-electron chi connectivity index (χ0n) is 9.27. The average molecular weight is 226 g/mol. The van der Waals surface area contributed by atoms with Gasteiger partial charge in [-0.2, -0.15) is 0 Å². The van der Waals surface area contributed by atoms with E-state index in [1.165, 1.54) is 11.1 Å². The molecule has 1 aromatic heterocycles. The molecule has 0 saturated carbocycles. The maximum atomic E-state index is 11.9. The minimum atomic E-state index is -1.03. The van der Waals surface area contributed by atoms with Gasteiger partial charge in [0.1, 0.15) is 17.9 Å². The molecule has 0 spiro atoms. The third-order valence-corrected chi connectivity index (χ3v) is 2.09. The molecular formula is C10H14N2O4. The van der Waals surface area contributed by atoms with Crippen molar-refractivity contribution < 1.29 is 19.2 Å². The van der Waals surface area contributed by atoms with Gasteiger partial charge in [-0.3, -0.25) is 9.59 Å². The molecule has 6 heteroatoms. The molecule has 0 aliphatic rings. The van der Waals surface area contributed by atoms with Crippen LogP contribution in [0.3, 0.4) is 0 Å². The van der Waals surface area contributed by atoms with Crippen molar-refractivity contribution in [2.75, 3.05) is 13.1 Å². The van der Waals surface area contributed by atoms with Crippen molar-refractivity contribution in [3.63, 3.8) is 0 Å². The van der Waals surface area contributed by atoms with Crippen LogP contribution in [0.4, 0.5) is 0 Å². The van der Waals surface area contributed by atoms with Crippen LogP contribution in [0.25, 0.3) is 0 Å². The van der Waals surface area contributed by atoms with Gasteiger partial charge in [-0.15, -0.1) is 0 Å². The lowest BCUT2D eigenvalue weighted by atomic mass is 10.2. The Labute approximate surface area is 92.8 Å². The van der Waals surface area contributed by atoms with Gasteiger partial charge in [-0.25, -0.2) is 0 Å². The largest absolute Gasteiger partial charge is 0.480 e. The molecule has 0 saturated heterocycles. The fourth-order valence-corrected chi connectivity index (χ4v) is 1.36. The predicted molar refractivity (Wildman–Crippen MR) is 55.1 cm³/mol. The molecule has 1 amide bonds. The summed E-state index contributed by atoms with van der Waals surface area (Å²) in [6.07, 6.45) is 2.01. The van der Waals surface area contributed by atoms with E-state index in [4.69, 9.17) is 9.63 Å². The van der Waals surface area contributed by atoms with Gasteiger partial charge in [-0.05, 0) is 13.3 Å². The van der Waals surface area contributed by atoms with Crippen LogP contribution in [-0.2, 0) is 4.79 Å². The molecule has 0 atom stereocenters. The van der Waals surface area contributed by atoms with Gasteiger partial charge in [0.15, 0.2) is 0 Å². The highest BCUT2D eigenvalue weighted by Gasteiger charge is 2.21. The summed E-state index contributed by atoms with van der Waals surface area (Å²) >= 11 is 0. The van der Waals surface area contributed by atoms with Gasteiger partial charge in [0, 0.05) is 6.54 Å². The van der Waals surface area contributed by atoms with E-state index in [0.29, 0.717) is 24.3 Å². The second-order valence-electron chi connectivity index (χ2n) is 3.42. The molecule has 0 aliphatic heterocycles. The first-order valence-electron chi connectivity index (χ1n) is 4.98. The quantitative estimate of drug-likeness (QED) is 0.807.